The molecular weight excluding hydrogens is 230 g/mol. The molecule has 0 amide bonds. The lowest BCUT2D eigenvalue weighted by atomic mass is 10.0. The molecule has 1 heteroatoms. The maximum Gasteiger partial charge on any atom is 0.0637 e. The Morgan fingerprint density at radius 1 is 0.737 bits per heavy atom. The Kier molecular flexibility index (Phi) is 1.97. The van der Waals surface area contributed by atoms with E-state index in [0.29, 0.717) is 6.04 Å². The Labute approximate surface area is 113 Å². The van der Waals surface area contributed by atoms with Gasteiger partial charge < -0.3 is 4.40 Å². The van der Waals surface area contributed by atoms with Gasteiger partial charge in [0.05, 0.1) is 12.4 Å². The summed E-state index contributed by atoms with van der Waals surface area (Å²) in [6, 6.07) is 23.0. The number of nitrogens with zero attached hydrogens (tertiary/aromatic N) is 1. The Morgan fingerprint density at radius 2 is 1.47 bits per heavy atom. The maximum atomic E-state index is 8.58. The molecule has 0 radical (unpaired) electrons. The van der Waals surface area contributed by atoms with Crippen LogP contribution in [-0.4, -0.2) is 4.40 Å². The average molecular weight is 244 g/mol. The van der Waals surface area contributed by atoms with E-state index in [2.05, 4.69) is 34.9 Å². The van der Waals surface area contributed by atoms with Gasteiger partial charge in [0, 0.05) is 11.8 Å². The molecule has 0 unspecified atom stereocenters. The molecule has 0 fully saturated rings. The summed E-state index contributed by atoms with van der Waals surface area (Å²) in [6.07, 6.45) is 2.06. The van der Waals surface area contributed by atoms with Crippen molar-refractivity contribution < 1.29 is 1.37 Å². The predicted molar refractivity (Wildman–Crippen MR) is 80.3 cm³/mol. The third kappa shape index (κ3) is 1.55. The summed E-state index contributed by atoms with van der Waals surface area (Å²) in [7, 11) is 0. The van der Waals surface area contributed by atoms with Gasteiger partial charge in [-0.1, -0.05) is 48.5 Å². The topological polar surface area (TPSA) is 4.41 Å². The van der Waals surface area contributed by atoms with Gasteiger partial charge in [0.1, 0.15) is 0 Å². The van der Waals surface area contributed by atoms with Gasteiger partial charge in [-0.15, -0.1) is 0 Å². The molecule has 0 bridgehead atoms. The molecular formula is C18H13N. The maximum absolute atomic E-state index is 8.58. The second-order valence-corrected chi connectivity index (χ2v) is 4.65. The van der Waals surface area contributed by atoms with Crippen molar-refractivity contribution in [1.82, 2.24) is 4.40 Å². The van der Waals surface area contributed by atoms with Crippen LogP contribution < -0.4 is 0 Å². The fourth-order valence-electron chi connectivity index (χ4n) is 2.61. The summed E-state index contributed by atoms with van der Waals surface area (Å²) < 4.78 is 10.7. The van der Waals surface area contributed by atoms with E-state index in [0.717, 1.165) is 27.5 Å². The zero-order valence-electron chi connectivity index (χ0n) is 11.4. The molecule has 2 heterocycles. The lowest BCUT2D eigenvalue weighted by Crippen LogP contribution is -1.89. The van der Waals surface area contributed by atoms with Crippen LogP contribution in [0.25, 0.3) is 27.5 Å². The molecule has 1 nitrogen and oxygen atoms in total. The zero-order chi connectivity index (χ0) is 13.5. The SMILES string of the molecule is [2H]c1c(-c2ccccc2)c2cccn2c2ccccc12. The second kappa shape index (κ2) is 3.99. The van der Waals surface area contributed by atoms with Crippen LogP contribution in [0.5, 0.6) is 0 Å². The lowest BCUT2D eigenvalue weighted by Gasteiger charge is -2.09. The van der Waals surface area contributed by atoms with Crippen LogP contribution >= 0.6 is 0 Å². The highest BCUT2D eigenvalue weighted by atomic mass is 14.9. The lowest BCUT2D eigenvalue weighted by molar-refractivity contribution is 1.27. The molecule has 19 heavy (non-hydrogen) atoms. The third-order valence-electron chi connectivity index (χ3n) is 3.49. The molecule has 0 saturated heterocycles. The Morgan fingerprint density at radius 3 is 2.37 bits per heavy atom. The van der Waals surface area contributed by atoms with E-state index in [1.807, 2.05) is 42.5 Å². The van der Waals surface area contributed by atoms with Crippen LogP contribution in [0.15, 0.2) is 79.0 Å². The van der Waals surface area contributed by atoms with Gasteiger partial charge in [0.15, 0.2) is 0 Å². The fraction of sp³-hybridized carbons (Fsp3) is 0. The first-order valence-corrected chi connectivity index (χ1v) is 6.40. The highest BCUT2D eigenvalue weighted by molar-refractivity contribution is 5.93. The molecule has 0 atom stereocenters. The van der Waals surface area contributed by atoms with E-state index in [1.54, 1.807) is 0 Å². The van der Waals surface area contributed by atoms with Gasteiger partial charge in [0.2, 0.25) is 0 Å². The van der Waals surface area contributed by atoms with E-state index in [-0.39, 0.29) is 0 Å². The highest BCUT2D eigenvalue weighted by Gasteiger charge is 2.07. The monoisotopic (exact) mass is 244 g/mol. The highest BCUT2D eigenvalue weighted by Crippen LogP contribution is 2.29. The van der Waals surface area contributed by atoms with Crippen LogP contribution in [0.2, 0.25) is 0 Å². The summed E-state index contributed by atoms with van der Waals surface area (Å²) in [5.74, 6) is 0. The second-order valence-electron chi connectivity index (χ2n) is 4.65. The van der Waals surface area contributed by atoms with Crippen LogP contribution in [0.3, 0.4) is 0 Å². The van der Waals surface area contributed by atoms with Gasteiger partial charge in [-0.3, -0.25) is 0 Å². The summed E-state index contributed by atoms with van der Waals surface area (Å²) >= 11 is 0. The van der Waals surface area contributed by atoms with Gasteiger partial charge in [-0.25, -0.2) is 0 Å². The zero-order valence-corrected chi connectivity index (χ0v) is 10.4. The van der Waals surface area contributed by atoms with Crippen molar-refractivity contribution in [2.24, 2.45) is 0 Å². The summed E-state index contributed by atoms with van der Waals surface area (Å²) in [6.45, 7) is 0. The molecule has 4 aromatic rings. The molecule has 0 aliphatic heterocycles. The minimum absolute atomic E-state index is 0.595. The van der Waals surface area contributed by atoms with Crippen molar-refractivity contribution in [2.45, 2.75) is 0 Å². The minimum Gasteiger partial charge on any atom is -0.316 e. The van der Waals surface area contributed by atoms with Crippen molar-refractivity contribution in [1.29, 1.82) is 0 Å². The first kappa shape index (κ1) is 9.40. The van der Waals surface area contributed by atoms with Crippen molar-refractivity contribution >= 4 is 16.4 Å². The Bertz CT molecular complexity index is 907. The normalized spacial score (nSPS) is 11.9. The molecule has 0 aliphatic rings. The van der Waals surface area contributed by atoms with Crippen LogP contribution in [0, 0.1) is 0 Å². The van der Waals surface area contributed by atoms with Crippen LogP contribution in [0.1, 0.15) is 1.37 Å². The number of pyridine rings is 1. The van der Waals surface area contributed by atoms with E-state index in [9.17, 15) is 0 Å². The van der Waals surface area contributed by atoms with Gasteiger partial charge >= 0.3 is 0 Å². The van der Waals surface area contributed by atoms with E-state index < -0.39 is 0 Å². The summed E-state index contributed by atoms with van der Waals surface area (Å²) in [4.78, 5) is 0. The van der Waals surface area contributed by atoms with Gasteiger partial charge in [0.25, 0.3) is 0 Å². The van der Waals surface area contributed by atoms with E-state index in [1.165, 1.54) is 0 Å². The van der Waals surface area contributed by atoms with Crippen LogP contribution in [-0.2, 0) is 0 Å². The predicted octanol–water partition coefficient (Wildman–Crippen LogP) is 4.76. The van der Waals surface area contributed by atoms with Gasteiger partial charge in [-0.2, -0.15) is 0 Å². The number of para-hydroxylation sites is 1. The molecule has 2 aromatic carbocycles. The van der Waals surface area contributed by atoms with E-state index >= 15 is 0 Å². The summed E-state index contributed by atoms with van der Waals surface area (Å²) in [5, 5.41) is 0.982. The number of fused-ring (bicyclic) bond motifs is 3. The van der Waals surface area contributed by atoms with Crippen LogP contribution in [0.4, 0.5) is 0 Å². The Hall–Kier alpha value is -2.54. The van der Waals surface area contributed by atoms with Crippen molar-refractivity contribution in [3.63, 3.8) is 0 Å². The molecule has 0 N–H and O–H groups in total. The number of hydrogen-bond donors (Lipinski definition) is 0. The average Bonchev–Trinajstić information content (AvgIpc) is 2.98. The summed E-state index contributed by atoms with van der Waals surface area (Å²) in [5.41, 5.74) is 4.25. The molecule has 4 rings (SSSR count). The molecule has 0 aliphatic carbocycles. The molecule has 2 aromatic heterocycles. The molecule has 90 valence electrons. The number of rotatable bonds is 1. The largest absolute Gasteiger partial charge is 0.316 e. The standard InChI is InChI=1S/C18H13N/c1-2-7-14(8-3-1)16-13-15-9-4-5-10-17(15)19-12-6-11-18(16)19/h1-13H/i13D. The van der Waals surface area contributed by atoms with E-state index in [4.69, 9.17) is 1.37 Å². The van der Waals surface area contributed by atoms with Gasteiger partial charge in [-0.05, 0) is 35.2 Å². The smallest absolute Gasteiger partial charge is 0.0637 e. The van der Waals surface area contributed by atoms with Crippen molar-refractivity contribution in [2.75, 3.05) is 0 Å². The van der Waals surface area contributed by atoms with Crippen molar-refractivity contribution in [3.8, 4) is 11.1 Å². The first-order valence-electron chi connectivity index (χ1n) is 6.90. The molecule has 0 saturated carbocycles. The number of aromatic nitrogens is 1. The van der Waals surface area contributed by atoms with Crippen molar-refractivity contribution in [3.05, 3.63) is 79.0 Å². The third-order valence-corrected chi connectivity index (χ3v) is 3.49. The fourth-order valence-corrected chi connectivity index (χ4v) is 2.61. The first-order chi connectivity index (χ1) is 9.86. The Balaban J connectivity index is 2.24. The molecule has 0 spiro atoms. The number of benzene rings is 2. The quantitative estimate of drug-likeness (QED) is 0.454. The minimum atomic E-state index is 0.595. The number of hydrogen-bond acceptors (Lipinski definition) is 0.